The normalized spacial score (nSPS) is 15.9. The predicted octanol–water partition coefficient (Wildman–Crippen LogP) is 0.526. The zero-order valence-corrected chi connectivity index (χ0v) is 12.9. The zero-order valence-electron chi connectivity index (χ0n) is 11.3. The summed E-state index contributed by atoms with van der Waals surface area (Å²) in [5, 5.41) is 3.87. The van der Waals surface area contributed by atoms with Gasteiger partial charge in [0.25, 0.3) is 0 Å². The van der Waals surface area contributed by atoms with E-state index in [1.807, 2.05) is 11.8 Å². The minimum absolute atomic E-state index is 0. The van der Waals surface area contributed by atoms with E-state index in [-0.39, 0.29) is 18.3 Å². The highest BCUT2D eigenvalue weighted by molar-refractivity contribution is 7.09. The average Bonchev–Trinajstić information content (AvgIpc) is 2.65. The number of aryl methyl sites for hydroxylation is 1. The summed E-state index contributed by atoms with van der Waals surface area (Å²) in [6.07, 6.45) is 0.980. The maximum absolute atomic E-state index is 11.8. The van der Waals surface area contributed by atoms with Gasteiger partial charge in [0, 0.05) is 37.7 Å². The van der Waals surface area contributed by atoms with Gasteiger partial charge in [-0.05, 0) is 20.4 Å². The van der Waals surface area contributed by atoms with E-state index in [0.29, 0.717) is 6.54 Å². The van der Waals surface area contributed by atoms with Crippen LogP contribution in [0, 0.1) is 6.92 Å². The van der Waals surface area contributed by atoms with Crippen molar-refractivity contribution in [1.29, 1.82) is 0 Å². The van der Waals surface area contributed by atoms with Gasteiger partial charge in [0.1, 0.15) is 5.82 Å². The maximum atomic E-state index is 11.8. The number of rotatable bonds is 3. The van der Waals surface area contributed by atoms with Gasteiger partial charge in [-0.3, -0.25) is 4.79 Å². The number of amides is 1. The molecule has 1 fully saturated rings. The van der Waals surface area contributed by atoms with E-state index in [4.69, 9.17) is 0 Å². The van der Waals surface area contributed by atoms with Crippen LogP contribution < -0.4 is 10.2 Å². The summed E-state index contributed by atoms with van der Waals surface area (Å²) in [7, 11) is 1.80. The average molecular weight is 306 g/mol. The second kappa shape index (κ2) is 7.62. The predicted molar refractivity (Wildman–Crippen MR) is 79.2 cm³/mol. The molecule has 2 heterocycles. The summed E-state index contributed by atoms with van der Waals surface area (Å²) < 4.78 is 4.20. The molecule has 1 saturated heterocycles. The number of anilines is 1. The first-order valence-corrected chi connectivity index (χ1v) is 6.95. The number of nitrogens with one attached hydrogen (secondary N) is 1. The Morgan fingerprint density at radius 3 is 2.79 bits per heavy atom. The number of carbonyl (C=O) groups excluding carboxylic acids is 1. The molecular formula is C11H20ClN5OS. The third-order valence-electron chi connectivity index (χ3n) is 2.96. The molecular weight excluding hydrogens is 286 g/mol. The fraction of sp³-hybridized carbons (Fsp3) is 0.727. The largest absolute Gasteiger partial charge is 0.345 e. The van der Waals surface area contributed by atoms with Gasteiger partial charge in [-0.1, -0.05) is 0 Å². The lowest BCUT2D eigenvalue weighted by Gasteiger charge is -2.21. The van der Waals surface area contributed by atoms with Crippen LogP contribution in [0.25, 0.3) is 0 Å². The molecule has 108 valence electrons. The SMILES string of the molecule is CNCC(=O)N1CCCN(c2nc(C)ns2)CC1.Cl. The summed E-state index contributed by atoms with van der Waals surface area (Å²) in [5.74, 6) is 0.996. The highest BCUT2D eigenvalue weighted by Gasteiger charge is 2.20. The van der Waals surface area contributed by atoms with Gasteiger partial charge in [0.2, 0.25) is 11.0 Å². The van der Waals surface area contributed by atoms with Crippen LogP contribution in [-0.4, -0.2) is 59.9 Å². The van der Waals surface area contributed by atoms with Crippen molar-refractivity contribution in [3.8, 4) is 0 Å². The van der Waals surface area contributed by atoms with Crippen molar-refractivity contribution in [2.45, 2.75) is 13.3 Å². The monoisotopic (exact) mass is 305 g/mol. The van der Waals surface area contributed by atoms with Crippen LogP contribution in [0.4, 0.5) is 5.13 Å². The Hall–Kier alpha value is -0.920. The summed E-state index contributed by atoms with van der Waals surface area (Å²) in [4.78, 5) is 20.4. The third-order valence-corrected chi connectivity index (χ3v) is 3.83. The zero-order chi connectivity index (χ0) is 13.0. The van der Waals surface area contributed by atoms with Gasteiger partial charge in [0.15, 0.2) is 0 Å². The van der Waals surface area contributed by atoms with Crippen LogP contribution in [0.1, 0.15) is 12.2 Å². The van der Waals surface area contributed by atoms with E-state index in [0.717, 1.165) is 43.6 Å². The fourth-order valence-corrected chi connectivity index (χ4v) is 2.76. The molecule has 0 unspecified atom stereocenters. The van der Waals surface area contributed by atoms with Crippen molar-refractivity contribution in [2.24, 2.45) is 0 Å². The van der Waals surface area contributed by atoms with Gasteiger partial charge in [0.05, 0.1) is 6.54 Å². The molecule has 1 aliphatic rings. The standard InChI is InChI=1S/C11H19N5OS.ClH/c1-9-13-11(18-14-9)16-5-3-4-15(6-7-16)10(17)8-12-2;/h12H,3-8H2,1-2H3;1H. The molecule has 1 aromatic rings. The Morgan fingerprint density at radius 1 is 1.37 bits per heavy atom. The first-order valence-electron chi connectivity index (χ1n) is 6.18. The Labute approximate surface area is 123 Å². The molecule has 1 amide bonds. The number of halogens is 1. The Morgan fingerprint density at radius 2 is 2.16 bits per heavy atom. The molecule has 19 heavy (non-hydrogen) atoms. The van der Waals surface area contributed by atoms with E-state index in [1.165, 1.54) is 11.5 Å². The fourth-order valence-electron chi connectivity index (χ4n) is 2.04. The Kier molecular flexibility index (Phi) is 6.47. The molecule has 0 spiro atoms. The molecule has 0 radical (unpaired) electrons. The first-order chi connectivity index (χ1) is 8.70. The number of aromatic nitrogens is 2. The number of hydrogen-bond acceptors (Lipinski definition) is 6. The van der Waals surface area contributed by atoms with E-state index in [9.17, 15) is 4.79 Å². The van der Waals surface area contributed by atoms with Gasteiger partial charge < -0.3 is 15.1 Å². The molecule has 0 bridgehead atoms. The van der Waals surface area contributed by atoms with Crippen LogP contribution in [0.3, 0.4) is 0 Å². The van der Waals surface area contributed by atoms with Crippen LogP contribution in [-0.2, 0) is 4.79 Å². The topological polar surface area (TPSA) is 61.4 Å². The number of hydrogen-bond donors (Lipinski definition) is 1. The Balaban J connectivity index is 0.00000180. The lowest BCUT2D eigenvalue weighted by Crippen LogP contribution is -2.39. The molecule has 1 aromatic heterocycles. The van der Waals surface area contributed by atoms with Crippen LogP contribution in [0.2, 0.25) is 0 Å². The van der Waals surface area contributed by atoms with Crippen LogP contribution in [0.5, 0.6) is 0 Å². The molecule has 0 aromatic carbocycles. The van der Waals surface area contributed by atoms with Gasteiger partial charge in [-0.2, -0.15) is 4.37 Å². The molecule has 0 aliphatic carbocycles. The van der Waals surface area contributed by atoms with Crippen molar-refractivity contribution in [2.75, 3.05) is 44.7 Å². The molecule has 6 nitrogen and oxygen atoms in total. The quantitative estimate of drug-likeness (QED) is 0.882. The van der Waals surface area contributed by atoms with Crippen molar-refractivity contribution in [1.82, 2.24) is 19.6 Å². The smallest absolute Gasteiger partial charge is 0.236 e. The Bertz CT molecular complexity index is 414. The number of likely N-dealkylation sites (N-methyl/N-ethyl adjacent to an activating group) is 1. The first kappa shape index (κ1) is 16.1. The van der Waals surface area contributed by atoms with Crippen molar-refractivity contribution in [3.63, 3.8) is 0 Å². The lowest BCUT2D eigenvalue weighted by molar-refractivity contribution is -0.129. The second-order valence-electron chi connectivity index (χ2n) is 4.38. The lowest BCUT2D eigenvalue weighted by atomic mass is 10.4. The molecule has 8 heteroatoms. The molecule has 1 aliphatic heterocycles. The number of carbonyl (C=O) groups is 1. The molecule has 0 saturated carbocycles. The van der Waals surface area contributed by atoms with Gasteiger partial charge in [-0.25, -0.2) is 4.98 Å². The highest BCUT2D eigenvalue weighted by Crippen LogP contribution is 2.18. The minimum Gasteiger partial charge on any atom is -0.345 e. The summed E-state index contributed by atoms with van der Waals surface area (Å²) in [6.45, 7) is 5.69. The van der Waals surface area contributed by atoms with Crippen LogP contribution in [0.15, 0.2) is 0 Å². The summed E-state index contributed by atoms with van der Waals surface area (Å²) >= 11 is 1.43. The van der Waals surface area contributed by atoms with Crippen molar-refractivity contribution < 1.29 is 4.79 Å². The molecule has 1 N–H and O–H groups in total. The van der Waals surface area contributed by atoms with E-state index >= 15 is 0 Å². The molecule has 0 atom stereocenters. The van der Waals surface area contributed by atoms with E-state index in [1.54, 1.807) is 7.05 Å². The van der Waals surface area contributed by atoms with Crippen molar-refractivity contribution >= 4 is 35.0 Å². The summed E-state index contributed by atoms with van der Waals surface area (Å²) in [6, 6.07) is 0. The van der Waals surface area contributed by atoms with Gasteiger partial charge in [-0.15, -0.1) is 12.4 Å². The number of nitrogens with zero attached hydrogens (tertiary/aromatic N) is 4. The van der Waals surface area contributed by atoms with E-state index < -0.39 is 0 Å². The van der Waals surface area contributed by atoms with Gasteiger partial charge >= 0.3 is 0 Å². The van der Waals surface area contributed by atoms with Crippen LogP contribution >= 0.6 is 23.9 Å². The second-order valence-corrected chi connectivity index (χ2v) is 5.11. The van der Waals surface area contributed by atoms with Crippen molar-refractivity contribution in [3.05, 3.63) is 5.82 Å². The third kappa shape index (κ3) is 4.29. The highest BCUT2D eigenvalue weighted by atomic mass is 35.5. The summed E-state index contributed by atoms with van der Waals surface area (Å²) in [5.41, 5.74) is 0. The van der Waals surface area contributed by atoms with E-state index in [2.05, 4.69) is 19.6 Å². The molecule has 2 rings (SSSR count). The minimum atomic E-state index is 0. The maximum Gasteiger partial charge on any atom is 0.236 e.